The third-order valence-corrected chi connectivity index (χ3v) is 8.45. The Balaban J connectivity index is 1.29. The number of benzene rings is 4. The minimum Gasteiger partial charge on any atom is -0.506 e. The van der Waals surface area contributed by atoms with Gasteiger partial charge in [-0.05, 0) is 108 Å². The van der Waals surface area contributed by atoms with Crippen molar-refractivity contribution in [2.24, 2.45) is 0 Å². The largest absolute Gasteiger partial charge is 0.506 e. The lowest BCUT2D eigenvalue weighted by Crippen LogP contribution is -2.21. The predicted octanol–water partition coefficient (Wildman–Crippen LogP) is 11.3. The fourth-order valence-corrected chi connectivity index (χ4v) is 5.81. The molecule has 0 spiro atoms. The molecule has 0 saturated heterocycles. The van der Waals surface area contributed by atoms with Crippen molar-refractivity contribution in [1.29, 1.82) is 0 Å². The van der Waals surface area contributed by atoms with Gasteiger partial charge in [-0.3, -0.25) is 4.79 Å². The number of carbonyl (C=O) groups excluding carboxylic acids is 1. The highest BCUT2D eigenvalue weighted by molar-refractivity contribution is 6.33. The Morgan fingerprint density at radius 3 is 1.85 bits per heavy atom. The van der Waals surface area contributed by atoms with Gasteiger partial charge in [-0.15, -0.1) is 0 Å². The minimum absolute atomic E-state index is 0.105. The second kappa shape index (κ2) is 12.9. The Bertz CT molecular complexity index is 2260. The number of rotatable bonds is 6. The van der Waals surface area contributed by atoms with Crippen molar-refractivity contribution in [3.8, 4) is 22.6 Å². The van der Waals surface area contributed by atoms with E-state index in [1.807, 2.05) is 12.1 Å². The number of aliphatic hydroxyl groups excluding tert-OH is 1. The summed E-state index contributed by atoms with van der Waals surface area (Å²) in [6.07, 6.45) is 6.55. The van der Waals surface area contributed by atoms with E-state index in [0.29, 0.717) is 66.5 Å². The number of carbonyl (C=O) groups is 1. The summed E-state index contributed by atoms with van der Waals surface area (Å²) in [7, 11) is 0. The van der Waals surface area contributed by atoms with E-state index >= 15 is 0 Å². The van der Waals surface area contributed by atoms with E-state index in [0.717, 1.165) is 0 Å². The van der Waals surface area contributed by atoms with Gasteiger partial charge < -0.3 is 9.84 Å². The Morgan fingerprint density at radius 1 is 0.667 bits per heavy atom. The van der Waals surface area contributed by atoms with E-state index in [1.165, 1.54) is 24.3 Å². The molecule has 1 aromatic heterocycles. The molecule has 0 bridgehead atoms. The van der Waals surface area contributed by atoms with Crippen molar-refractivity contribution >= 4 is 46.6 Å². The van der Waals surface area contributed by atoms with Crippen LogP contribution in [0.15, 0.2) is 154 Å². The van der Waals surface area contributed by atoms with Crippen LogP contribution in [-0.4, -0.2) is 10.9 Å². The van der Waals surface area contributed by atoms with Gasteiger partial charge in [0.05, 0.1) is 44.5 Å². The average Bonchev–Trinajstić information content (AvgIpc) is 3.10. The van der Waals surface area contributed by atoms with Crippen LogP contribution in [0, 0.1) is 11.6 Å². The first-order valence-corrected chi connectivity index (χ1v) is 15.5. The maximum Gasteiger partial charge on any atom is 0.362 e. The number of halogens is 4. The number of aliphatic hydroxyl groups is 1. The number of hydrogen-bond acceptors (Lipinski definition) is 3. The van der Waals surface area contributed by atoms with Crippen LogP contribution in [0.25, 0.3) is 40.2 Å². The zero-order chi connectivity index (χ0) is 33.4. The Kier molecular flexibility index (Phi) is 8.36. The molecule has 0 unspecified atom stereocenters. The Labute approximate surface area is 284 Å². The van der Waals surface area contributed by atoms with Crippen molar-refractivity contribution in [3.63, 3.8) is 0 Å². The monoisotopic (exact) mass is 675 g/mol. The standard InChI is InChI=1S/C40H22Cl2F2O4/c41-33-7-3-1-5-29(33)37-21-23(19-35(47-37)25-9-13-27(43)14-10-25)17-31-39(45)32(40(31)46)18-24-20-36(26-11-15-28(44)16-12-26)48-38(22-24)30-6-2-4-8-34(30)42/h1-22H/p+1. The first-order valence-electron chi connectivity index (χ1n) is 14.8. The first kappa shape index (κ1) is 31.1. The summed E-state index contributed by atoms with van der Waals surface area (Å²) < 4.78 is 39.7. The second-order valence-electron chi connectivity index (χ2n) is 11.0. The molecule has 48 heavy (non-hydrogen) atoms. The lowest BCUT2D eigenvalue weighted by atomic mass is 9.85. The van der Waals surface area contributed by atoms with E-state index in [2.05, 4.69) is 0 Å². The molecule has 2 aliphatic rings. The molecule has 1 aliphatic carbocycles. The molecule has 7 rings (SSSR count). The van der Waals surface area contributed by atoms with Gasteiger partial charge in [0.25, 0.3) is 0 Å². The van der Waals surface area contributed by atoms with Crippen molar-refractivity contribution in [2.75, 3.05) is 0 Å². The smallest absolute Gasteiger partial charge is 0.362 e. The summed E-state index contributed by atoms with van der Waals surface area (Å²) in [6, 6.07) is 29.4. The van der Waals surface area contributed by atoms with Crippen LogP contribution in [0.4, 0.5) is 8.78 Å². The first-order chi connectivity index (χ1) is 23.2. The Hall–Kier alpha value is -5.56. The summed E-state index contributed by atoms with van der Waals surface area (Å²) in [4.78, 5) is 13.5. The third kappa shape index (κ3) is 6.24. The molecule has 0 atom stereocenters. The molecular weight excluding hydrogens is 653 g/mol. The van der Waals surface area contributed by atoms with Gasteiger partial charge in [-0.1, -0.05) is 47.5 Å². The van der Waals surface area contributed by atoms with Gasteiger partial charge in [-0.2, -0.15) is 0 Å². The summed E-state index contributed by atoms with van der Waals surface area (Å²) >= 11 is 12.9. The molecule has 0 saturated carbocycles. The highest BCUT2D eigenvalue weighted by atomic mass is 35.5. The van der Waals surface area contributed by atoms with E-state index in [1.54, 1.807) is 97.1 Å². The number of Topliss-reactive ketones (excluding diaryl/α,β-unsaturated/α-hetero) is 1. The quantitative estimate of drug-likeness (QED) is 0.144. The van der Waals surface area contributed by atoms with E-state index in [4.69, 9.17) is 32.4 Å². The molecule has 234 valence electrons. The van der Waals surface area contributed by atoms with Gasteiger partial charge in [0.2, 0.25) is 5.78 Å². The van der Waals surface area contributed by atoms with Gasteiger partial charge >= 0.3 is 11.5 Å². The molecule has 1 N–H and O–H groups in total. The molecular formula is C40H23Cl2F2O4+. The third-order valence-electron chi connectivity index (χ3n) is 7.79. The van der Waals surface area contributed by atoms with Crippen LogP contribution >= 0.6 is 23.2 Å². The predicted molar refractivity (Wildman–Crippen MR) is 185 cm³/mol. The normalized spacial score (nSPS) is 16.0. The molecule has 1 aliphatic heterocycles. The van der Waals surface area contributed by atoms with Crippen LogP contribution in [0.5, 0.6) is 0 Å². The summed E-state index contributed by atoms with van der Waals surface area (Å²) in [6.45, 7) is 0. The van der Waals surface area contributed by atoms with Gasteiger partial charge in [0.1, 0.15) is 28.9 Å². The van der Waals surface area contributed by atoms with Crippen LogP contribution in [0.3, 0.4) is 0 Å². The SMILES string of the molecule is O=C1C(=Cc2cc(-c3ccc(F)cc3)[o+]c(-c3ccccc3Cl)c2)C(O)=C1C=C1C=C(c2ccc(F)cc2)OC(c2ccccc2Cl)=C1. The molecule has 2 heterocycles. The van der Waals surface area contributed by atoms with E-state index in [-0.39, 0.29) is 22.7 Å². The lowest BCUT2D eigenvalue weighted by Gasteiger charge is -2.22. The minimum atomic E-state index is -0.391. The maximum absolute atomic E-state index is 13.7. The number of ketones is 1. The van der Waals surface area contributed by atoms with E-state index < -0.39 is 11.6 Å². The highest BCUT2D eigenvalue weighted by Gasteiger charge is 2.33. The number of ether oxygens (including phenoxy) is 1. The van der Waals surface area contributed by atoms with Gasteiger partial charge in [0.15, 0.2) is 0 Å². The molecule has 0 radical (unpaired) electrons. The average molecular weight is 677 g/mol. The van der Waals surface area contributed by atoms with E-state index in [9.17, 15) is 18.7 Å². The van der Waals surface area contributed by atoms with Crippen molar-refractivity contribution < 1.29 is 27.8 Å². The topological polar surface area (TPSA) is 57.8 Å². The van der Waals surface area contributed by atoms with Crippen LogP contribution in [-0.2, 0) is 9.53 Å². The molecule has 0 amide bonds. The molecule has 5 aromatic rings. The number of allylic oxidation sites excluding steroid dienone is 6. The highest BCUT2D eigenvalue weighted by Crippen LogP contribution is 2.39. The molecule has 0 fully saturated rings. The van der Waals surface area contributed by atoms with Gasteiger partial charge in [0, 0.05) is 11.1 Å². The zero-order valence-electron chi connectivity index (χ0n) is 24.9. The zero-order valence-corrected chi connectivity index (χ0v) is 26.4. The van der Waals surface area contributed by atoms with Crippen LogP contribution in [0.2, 0.25) is 10.0 Å². The fourth-order valence-electron chi connectivity index (χ4n) is 5.35. The number of hydrogen-bond donors (Lipinski definition) is 1. The molecule has 8 heteroatoms. The van der Waals surface area contributed by atoms with Crippen molar-refractivity contribution in [3.05, 3.63) is 188 Å². The summed E-state index contributed by atoms with van der Waals surface area (Å²) in [5.41, 5.74) is 3.79. The summed E-state index contributed by atoms with van der Waals surface area (Å²) in [5, 5.41) is 12.1. The summed E-state index contributed by atoms with van der Waals surface area (Å²) in [5.74, 6) is 0.321. The molecule has 4 nitrogen and oxygen atoms in total. The second-order valence-corrected chi connectivity index (χ2v) is 11.8. The molecule has 4 aromatic carbocycles. The fraction of sp³-hybridized carbons (Fsp3) is 0. The maximum atomic E-state index is 13.7. The van der Waals surface area contributed by atoms with Gasteiger partial charge in [-0.25, -0.2) is 13.2 Å². The Morgan fingerprint density at radius 2 is 1.23 bits per heavy atom. The van der Waals surface area contributed by atoms with Crippen LogP contribution < -0.4 is 0 Å². The van der Waals surface area contributed by atoms with Crippen LogP contribution in [0.1, 0.15) is 16.7 Å². The lowest BCUT2D eigenvalue weighted by molar-refractivity contribution is -0.113. The van der Waals surface area contributed by atoms with Crippen molar-refractivity contribution in [2.45, 2.75) is 0 Å². The van der Waals surface area contributed by atoms with Crippen molar-refractivity contribution in [1.82, 2.24) is 0 Å².